The van der Waals surface area contributed by atoms with Crippen LogP contribution in [0.5, 0.6) is 0 Å². The van der Waals surface area contributed by atoms with E-state index in [4.69, 9.17) is 23.2 Å². The SMILES string of the molecule is O=C(c1cc(Cl)ccc1NCc1cc(=O)n2cc(Cl)ccc2n1)N1CCCC1. The maximum absolute atomic E-state index is 12.8. The van der Waals surface area contributed by atoms with Crippen molar-refractivity contribution in [3.8, 4) is 0 Å². The Labute approximate surface area is 171 Å². The molecular formula is C20H18Cl2N4O2. The largest absolute Gasteiger partial charge is 0.379 e. The molecular weight excluding hydrogens is 399 g/mol. The van der Waals surface area contributed by atoms with Crippen LogP contribution in [-0.2, 0) is 6.54 Å². The summed E-state index contributed by atoms with van der Waals surface area (Å²) in [6.07, 6.45) is 3.57. The molecule has 3 heterocycles. The molecule has 0 bridgehead atoms. The number of anilines is 1. The van der Waals surface area contributed by atoms with Gasteiger partial charge in [-0.05, 0) is 43.2 Å². The maximum Gasteiger partial charge on any atom is 0.258 e. The lowest BCUT2D eigenvalue weighted by Gasteiger charge is -2.18. The summed E-state index contributed by atoms with van der Waals surface area (Å²) in [4.78, 5) is 31.5. The quantitative estimate of drug-likeness (QED) is 0.701. The molecule has 6 nitrogen and oxygen atoms in total. The normalized spacial score (nSPS) is 13.9. The van der Waals surface area contributed by atoms with Crippen molar-refractivity contribution < 1.29 is 4.79 Å². The number of hydrogen-bond donors (Lipinski definition) is 1. The third kappa shape index (κ3) is 3.84. The zero-order valence-electron chi connectivity index (χ0n) is 15.0. The molecule has 1 aliphatic heterocycles. The minimum atomic E-state index is -0.214. The molecule has 8 heteroatoms. The van der Waals surface area contributed by atoms with Crippen molar-refractivity contribution in [1.29, 1.82) is 0 Å². The molecule has 0 atom stereocenters. The standard InChI is InChI=1S/C20H18Cl2N4O2/c21-13-3-5-17(16(9-13)20(28)25-7-1-2-8-25)23-11-15-10-19(27)26-12-14(22)4-6-18(26)24-15/h3-6,9-10,12,23H,1-2,7-8,11H2. The zero-order valence-corrected chi connectivity index (χ0v) is 16.5. The molecule has 144 valence electrons. The Morgan fingerprint density at radius 3 is 2.61 bits per heavy atom. The molecule has 0 spiro atoms. The Kier molecular flexibility index (Phi) is 5.24. The van der Waals surface area contributed by atoms with E-state index in [2.05, 4.69) is 10.3 Å². The van der Waals surface area contributed by atoms with Crippen molar-refractivity contribution in [3.05, 3.63) is 74.3 Å². The van der Waals surface area contributed by atoms with Gasteiger partial charge < -0.3 is 10.2 Å². The number of nitrogens with one attached hydrogen (secondary N) is 1. The maximum atomic E-state index is 12.8. The molecule has 1 amide bonds. The highest BCUT2D eigenvalue weighted by molar-refractivity contribution is 6.31. The van der Waals surface area contributed by atoms with Crippen molar-refractivity contribution in [3.63, 3.8) is 0 Å². The number of halogens is 2. The number of hydrogen-bond acceptors (Lipinski definition) is 4. The zero-order chi connectivity index (χ0) is 19.7. The van der Waals surface area contributed by atoms with E-state index in [9.17, 15) is 9.59 Å². The molecule has 1 N–H and O–H groups in total. The van der Waals surface area contributed by atoms with Crippen LogP contribution in [0.1, 0.15) is 28.9 Å². The van der Waals surface area contributed by atoms with Gasteiger partial charge in [0.15, 0.2) is 0 Å². The number of amides is 1. The van der Waals surface area contributed by atoms with Crippen molar-refractivity contribution in [1.82, 2.24) is 14.3 Å². The first-order valence-electron chi connectivity index (χ1n) is 9.02. The van der Waals surface area contributed by atoms with E-state index in [-0.39, 0.29) is 11.5 Å². The fourth-order valence-corrected chi connectivity index (χ4v) is 3.67. The third-order valence-corrected chi connectivity index (χ3v) is 5.20. The van der Waals surface area contributed by atoms with Gasteiger partial charge in [0.05, 0.1) is 22.8 Å². The molecule has 4 rings (SSSR count). The summed E-state index contributed by atoms with van der Waals surface area (Å²) in [5.74, 6) is -0.0383. The minimum Gasteiger partial charge on any atom is -0.379 e. The van der Waals surface area contributed by atoms with Gasteiger partial charge in [0.2, 0.25) is 0 Å². The minimum absolute atomic E-state index is 0.0383. The van der Waals surface area contributed by atoms with E-state index in [0.717, 1.165) is 25.9 Å². The predicted molar refractivity (Wildman–Crippen MR) is 110 cm³/mol. The molecule has 1 fully saturated rings. The van der Waals surface area contributed by atoms with Crippen LogP contribution in [-0.4, -0.2) is 33.3 Å². The monoisotopic (exact) mass is 416 g/mol. The number of fused-ring (bicyclic) bond motifs is 1. The Bertz CT molecular complexity index is 1110. The van der Waals surface area contributed by atoms with Gasteiger partial charge in [-0.25, -0.2) is 4.98 Å². The van der Waals surface area contributed by atoms with Gasteiger partial charge in [-0.3, -0.25) is 14.0 Å². The van der Waals surface area contributed by atoms with E-state index in [0.29, 0.717) is 39.2 Å². The number of benzene rings is 1. The molecule has 28 heavy (non-hydrogen) atoms. The number of carbonyl (C=O) groups is 1. The molecule has 0 saturated carbocycles. The van der Waals surface area contributed by atoms with Crippen LogP contribution in [0.3, 0.4) is 0 Å². The van der Waals surface area contributed by atoms with E-state index >= 15 is 0 Å². The van der Waals surface area contributed by atoms with Gasteiger partial charge in [0.1, 0.15) is 5.65 Å². The van der Waals surface area contributed by atoms with Crippen LogP contribution in [0.4, 0.5) is 5.69 Å². The van der Waals surface area contributed by atoms with Gasteiger partial charge in [-0.1, -0.05) is 23.2 Å². The summed E-state index contributed by atoms with van der Waals surface area (Å²) in [5.41, 5.74) is 2.06. The number of rotatable bonds is 4. The van der Waals surface area contributed by atoms with Crippen LogP contribution in [0.15, 0.2) is 47.4 Å². The molecule has 1 aromatic carbocycles. The van der Waals surface area contributed by atoms with Crippen molar-refractivity contribution in [2.75, 3.05) is 18.4 Å². The molecule has 0 aliphatic carbocycles. The predicted octanol–water partition coefficient (Wildman–Crippen LogP) is 3.85. The van der Waals surface area contributed by atoms with Crippen LogP contribution >= 0.6 is 23.2 Å². The second-order valence-electron chi connectivity index (χ2n) is 6.70. The molecule has 1 aliphatic rings. The first-order chi connectivity index (χ1) is 13.5. The average molecular weight is 417 g/mol. The lowest BCUT2D eigenvalue weighted by molar-refractivity contribution is 0.0793. The van der Waals surface area contributed by atoms with Crippen LogP contribution < -0.4 is 10.9 Å². The number of pyridine rings is 1. The lowest BCUT2D eigenvalue weighted by atomic mass is 10.1. The van der Waals surface area contributed by atoms with E-state index in [1.807, 2.05) is 4.90 Å². The topological polar surface area (TPSA) is 66.7 Å². The second kappa shape index (κ2) is 7.81. The first-order valence-corrected chi connectivity index (χ1v) is 9.77. The smallest absolute Gasteiger partial charge is 0.258 e. The molecule has 2 aromatic heterocycles. The van der Waals surface area contributed by atoms with Gasteiger partial charge in [-0.2, -0.15) is 0 Å². The number of likely N-dealkylation sites (tertiary alicyclic amines) is 1. The molecule has 0 unspecified atom stereocenters. The highest BCUT2D eigenvalue weighted by Crippen LogP contribution is 2.24. The fraction of sp³-hybridized carbons (Fsp3) is 0.250. The second-order valence-corrected chi connectivity index (χ2v) is 7.58. The Balaban J connectivity index is 1.60. The van der Waals surface area contributed by atoms with Crippen LogP contribution in [0.2, 0.25) is 10.0 Å². The molecule has 0 radical (unpaired) electrons. The van der Waals surface area contributed by atoms with Crippen molar-refractivity contribution >= 4 is 40.4 Å². The van der Waals surface area contributed by atoms with Gasteiger partial charge >= 0.3 is 0 Å². The summed E-state index contributed by atoms with van der Waals surface area (Å²) in [5, 5.41) is 4.19. The Morgan fingerprint density at radius 1 is 1.07 bits per heavy atom. The molecule has 1 saturated heterocycles. The Morgan fingerprint density at radius 2 is 1.82 bits per heavy atom. The number of carbonyl (C=O) groups excluding carboxylic acids is 1. The van der Waals surface area contributed by atoms with Crippen molar-refractivity contribution in [2.24, 2.45) is 0 Å². The van der Waals surface area contributed by atoms with Crippen LogP contribution in [0, 0.1) is 0 Å². The highest BCUT2D eigenvalue weighted by Gasteiger charge is 2.22. The first kappa shape index (κ1) is 18.8. The van der Waals surface area contributed by atoms with Crippen molar-refractivity contribution in [2.45, 2.75) is 19.4 Å². The van der Waals surface area contributed by atoms with E-state index in [1.54, 1.807) is 30.3 Å². The fourth-order valence-electron chi connectivity index (χ4n) is 3.34. The molecule has 3 aromatic rings. The number of aromatic nitrogens is 2. The third-order valence-electron chi connectivity index (χ3n) is 4.74. The highest BCUT2D eigenvalue weighted by atomic mass is 35.5. The Hall–Kier alpha value is -2.57. The lowest BCUT2D eigenvalue weighted by Crippen LogP contribution is -2.28. The number of nitrogens with zero attached hydrogens (tertiary/aromatic N) is 3. The summed E-state index contributed by atoms with van der Waals surface area (Å²) >= 11 is 12.1. The van der Waals surface area contributed by atoms with E-state index < -0.39 is 0 Å². The summed E-state index contributed by atoms with van der Waals surface area (Å²) in [7, 11) is 0. The van der Waals surface area contributed by atoms with E-state index in [1.165, 1.54) is 16.7 Å². The van der Waals surface area contributed by atoms with Gasteiger partial charge in [0.25, 0.3) is 11.5 Å². The summed E-state index contributed by atoms with van der Waals surface area (Å²) in [6, 6.07) is 10.0. The summed E-state index contributed by atoms with van der Waals surface area (Å²) < 4.78 is 1.40. The summed E-state index contributed by atoms with van der Waals surface area (Å²) in [6.45, 7) is 1.82. The average Bonchev–Trinajstić information content (AvgIpc) is 3.22. The van der Waals surface area contributed by atoms with Gasteiger partial charge in [-0.15, -0.1) is 0 Å². The van der Waals surface area contributed by atoms with Crippen LogP contribution in [0.25, 0.3) is 5.65 Å². The van der Waals surface area contributed by atoms with Gasteiger partial charge in [0, 0.05) is 36.1 Å².